The molecule has 1 amide bonds. The van der Waals surface area contributed by atoms with Crippen LogP contribution in [-0.4, -0.2) is 34.7 Å². The second-order valence-corrected chi connectivity index (χ2v) is 6.16. The zero-order chi connectivity index (χ0) is 14.9. The van der Waals surface area contributed by atoms with Gasteiger partial charge in [0.25, 0.3) is 0 Å². The van der Waals surface area contributed by atoms with Crippen molar-refractivity contribution in [2.75, 3.05) is 7.11 Å². The van der Waals surface area contributed by atoms with Crippen LogP contribution in [0.4, 0.5) is 4.79 Å². The lowest BCUT2D eigenvalue weighted by Crippen LogP contribution is -2.45. The van der Waals surface area contributed by atoms with Crippen molar-refractivity contribution in [1.29, 1.82) is 0 Å². The third-order valence-corrected chi connectivity index (χ3v) is 3.28. The number of hydrogen-bond acceptors (Lipinski definition) is 4. The molecule has 1 atom stereocenters. The first-order valence-corrected chi connectivity index (χ1v) is 6.81. The molecule has 1 aromatic heterocycles. The van der Waals surface area contributed by atoms with Gasteiger partial charge in [-0.25, -0.2) is 9.78 Å². The summed E-state index contributed by atoms with van der Waals surface area (Å²) in [5.74, 6) is 0.613. The lowest BCUT2D eigenvalue weighted by molar-refractivity contribution is 0.0138. The predicted molar refractivity (Wildman–Crippen MR) is 75.7 cm³/mol. The van der Waals surface area contributed by atoms with Crippen LogP contribution in [0.25, 0.3) is 0 Å². The zero-order valence-corrected chi connectivity index (χ0v) is 12.8. The Bertz CT molecular complexity index is 508. The Hall–Kier alpha value is -1.78. The lowest BCUT2D eigenvalue weighted by atomic mass is 9.97. The molecule has 5 heteroatoms. The van der Waals surface area contributed by atoms with Crippen LogP contribution in [0.3, 0.4) is 0 Å². The van der Waals surface area contributed by atoms with Gasteiger partial charge in [0.1, 0.15) is 5.60 Å². The van der Waals surface area contributed by atoms with Crippen molar-refractivity contribution in [3.63, 3.8) is 0 Å². The maximum absolute atomic E-state index is 12.2. The zero-order valence-electron chi connectivity index (χ0n) is 12.8. The molecular formula is C15H22N2O3. The quantitative estimate of drug-likeness (QED) is 0.792. The number of rotatable bonds is 1. The minimum Gasteiger partial charge on any atom is -0.481 e. The van der Waals surface area contributed by atoms with Gasteiger partial charge in [0, 0.05) is 18.3 Å². The molecule has 0 N–H and O–H groups in total. The molecule has 1 aliphatic rings. The average Bonchev–Trinajstić information content (AvgIpc) is 2.35. The van der Waals surface area contributed by atoms with E-state index in [1.165, 1.54) is 5.56 Å². The van der Waals surface area contributed by atoms with Crippen LogP contribution < -0.4 is 4.74 Å². The molecule has 0 saturated heterocycles. The first kappa shape index (κ1) is 14.6. The maximum Gasteiger partial charge on any atom is 0.410 e. The van der Waals surface area contributed by atoms with E-state index in [1.807, 2.05) is 33.8 Å². The van der Waals surface area contributed by atoms with Crippen LogP contribution in [0.5, 0.6) is 5.88 Å². The van der Waals surface area contributed by atoms with E-state index < -0.39 is 5.60 Å². The topological polar surface area (TPSA) is 51.7 Å². The largest absolute Gasteiger partial charge is 0.481 e. The van der Waals surface area contributed by atoms with Gasteiger partial charge in [-0.2, -0.15) is 0 Å². The van der Waals surface area contributed by atoms with Gasteiger partial charge in [-0.1, -0.05) is 0 Å². The fraction of sp³-hybridized carbons (Fsp3) is 0.600. The summed E-state index contributed by atoms with van der Waals surface area (Å²) in [5.41, 5.74) is 1.76. The van der Waals surface area contributed by atoms with Crippen LogP contribution in [-0.2, 0) is 17.7 Å². The molecule has 0 radical (unpaired) electrons. The van der Waals surface area contributed by atoms with Crippen LogP contribution in [0.1, 0.15) is 38.8 Å². The van der Waals surface area contributed by atoms with E-state index in [2.05, 4.69) is 4.98 Å². The molecule has 1 unspecified atom stereocenters. The van der Waals surface area contributed by atoms with Gasteiger partial charge in [0.15, 0.2) is 0 Å². The first-order chi connectivity index (χ1) is 9.30. The van der Waals surface area contributed by atoms with Crippen molar-refractivity contribution >= 4 is 6.09 Å². The van der Waals surface area contributed by atoms with E-state index in [1.54, 1.807) is 18.2 Å². The number of hydrogen-bond donors (Lipinski definition) is 0. The van der Waals surface area contributed by atoms with E-state index in [9.17, 15) is 4.79 Å². The Balaban J connectivity index is 2.17. The number of nitrogens with zero attached hydrogens (tertiary/aromatic N) is 2. The van der Waals surface area contributed by atoms with Gasteiger partial charge in [0.05, 0.1) is 13.7 Å². The molecule has 0 aliphatic carbocycles. The molecule has 0 bridgehead atoms. The summed E-state index contributed by atoms with van der Waals surface area (Å²) in [6.45, 7) is 8.18. The normalized spacial score (nSPS) is 18.4. The molecule has 110 valence electrons. The van der Waals surface area contributed by atoms with E-state index in [4.69, 9.17) is 9.47 Å². The van der Waals surface area contributed by atoms with Gasteiger partial charge < -0.3 is 14.4 Å². The van der Waals surface area contributed by atoms with E-state index >= 15 is 0 Å². The molecule has 0 fully saturated rings. The summed E-state index contributed by atoms with van der Waals surface area (Å²) in [6, 6.07) is 2.04. The molecular weight excluding hydrogens is 256 g/mol. The predicted octanol–water partition coefficient (Wildman–Crippen LogP) is 2.77. The lowest BCUT2D eigenvalue weighted by Gasteiger charge is -2.35. The van der Waals surface area contributed by atoms with E-state index in [0.717, 1.165) is 12.0 Å². The first-order valence-electron chi connectivity index (χ1n) is 6.81. The molecule has 2 heterocycles. The van der Waals surface area contributed by atoms with Crippen LogP contribution >= 0.6 is 0 Å². The number of pyridine rings is 1. The Labute approximate surface area is 119 Å². The Morgan fingerprint density at radius 1 is 1.40 bits per heavy atom. The summed E-state index contributed by atoms with van der Waals surface area (Å²) < 4.78 is 10.6. The van der Waals surface area contributed by atoms with Crippen molar-refractivity contribution in [1.82, 2.24) is 9.88 Å². The molecule has 0 aromatic carbocycles. The summed E-state index contributed by atoms with van der Waals surface area (Å²) in [5, 5.41) is 0. The van der Waals surface area contributed by atoms with E-state index in [0.29, 0.717) is 12.4 Å². The standard InChI is InChI=1S/C15H22N2O3/c1-10-6-11-7-13(19-5)16-8-12(11)9-17(10)14(18)20-15(2,3)4/h7-8,10H,6,9H2,1-5H3. The Morgan fingerprint density at radius 3 is 2.70 bits per heavy atom. The monoisotopic (exact) mass is 278 g/mol. The summed E-state index contributed by atoms with van der Waals surface area (Å²) in [4.78, 5) is 18.2. The molecule has 1 aliphatic heterocycles. The minimum absolute atomic E-state index is 0.101. The molecule has 2 rings (SSSR count). The third-order valence-electron chi connectivity index (χ3n) is 3.28. The fourth-order valence-electron chi connectivity index (χ4n) is 2.28. The number of carbonyl (C=O) groups is 1. The minimum atomic E-state index is -0.477. The van der Waals surface area contributed by atoms with Crippen LogP contribution in [0.15, 0.2) is 12.3 Å². The van der Waals surface area contributed by atoms with Crippen LogP contribution in [0.2, 0.25) is 0 Å². The van der Waals surface area contributed by atoms with Crippen molar-refractivity contribution in [2.24, 2.45) is 0 Å². The molecule has 0 saturated carbocycles. The van der Waals surface area contributed by atoms with Crippen molar-refractivity contribution in [3.05, 3.63) is 23.4 Å². The molecule has 5 nitrogen and oxygen atoms in total. The summed E-state index contributed by atoms with van der Waals surface area (Å²) in [7, 11) is 1.61. The second-order valence-electron chi connectivity index (χ2n) is 6.16. The summed E-state index contributed by atoms with van der Waals surface area (Å²) >= 11 is 0. The second kappa shape index (κ2) is 5.31. The van der Waals surface area contributed by atoms with Gasteiger partial charge in [0.2, 0.25) is 5.88 Å². The Morgan fingerprint density at radius 2 is 2.10 bits per heavy atom. The number of aromatic nitrogens is 1. The highest BCUT2D eigenvalue weighted by atomic mass is 16.6. The number of carbonyl (C=O) groups excluding carboxylic acids is 1. The highest BCUT2D eigenvalue weighted by Gasteiger charge is 2.30. The highest BCUT2D eigenvalue weighted by molar-refractivity contribution is 5.69. The van der Waals surface area contributed by atoms with Gasteiger partial charge in [-0.05, 0) is 45.2 Å². The van der Waals surface area contributed by atoms with Crippen molar-refractivity contribution in [2.45, 2.75) is 52.3 Å². The van der Waals surface area contributed by atoms with Gasteiger partial charge >= 0.3 is 6.09 Å². The number of ether oxygens (including phenoxy) is 2. The van der Waals surface area contributed by atoms with Crippen molar-refractivity contribution in [3.8, 4) is 5.88 Å². The molecule has 1 aromatic rings. The fourth-order valence-corrected chi connectivity index (χ4v) is 2.28. The Kier molecular flexibility index (Phi) is 3.88. The highest BCUT2D eigenvalue weighted by Crippen LogP contribution is 2.26. The molecule has 0 spiro atoms. The average molecular weight is 278 g/mol. The molecule has 20 heavy (non-hydrogen) atoms. The smallest absolute Gasteiger partial charge is 0.410 e. The maximum atomic E-state index is 12.2. The SMILES string of the molecule is COc1cc2c(cn1)CN(C(=O)OC(C)(C)C)C(C)C2. The summed E-state index contributed by atoms with van der Waals surface area (Å²) in [6.07, 6.45) is 2.29. The van der Waals surface area contributed by atoms with Crippen LogP contribution in [0, 0.1) is 0 Å². The van der Waals surface area contributed by atoms with Gasteiger partial charge in [-0.3, -0.25) is 0 Å². The third kappa shape index (κ3) is 3.21. The number of methoxy groups -OCH3 is 1. The van der Waals surface area contributed by atoms with E-state index in [-0.39, 0.29) is 12.1 Å². The number of amides is 1. The van der Waals surface area contributed by atoms with Crippen molar-refractivity contribution < 1.29 is 14.3 Å². The van der Waals surface area contributed by atoms with Gasteiger partial charge in [-0.15, -0.1) is 0 Å². The number of fused-ring (bicyclic) bond motifs is 1.